The SMILES string of the molecule is Cc1cc(C(O)C2CC2)sc1Cl. The molecular weight excluding hydrogens is 192 g/mol. The Morgan fingerprint density at radius 3 is 2.75 bits per heavy atom. The third-order valence-electron chi connectivity index (χ3n) is 2.24. The first-order valence-electron chi connectivity index (χ1n) is 4.12. The van der Waals surface area contributed by atoms with E-state index in [1.807, 2.05) is 13.0 Å². The van der Waals surface area contributed by atoms with Gasteiger partial charge in [-0.2, -0.15) is 0 Å². The van der Waals surface area contributed by atoms with Crippen LogP contribution >= 0.6 is 22.9 Å². The van der Waals surface area contributed by atoms with Crippen LogP contribution in [0.2, 0.25) is 4.34 Å². The Labute approximate surface area is 81.0 Å². The van der Waals surface area contributed by atoms with Crippen LogP contribution in [0, 0.1) is 12.8 Å². The molecule has 66 valence electrons. The first-order valence-corrected chi connectivity index (χ1v) is 5.32. The minimum Gasteiger partial charge on any atom is -0.387 e. The molecule has 0 aromatic carbocycles. The summed E-state index contributed by atoms with van der Waals surface area (Å²) in [6, 6.07) is 2.00. The molecule has 1 N–H and O–H groups in total. The van der Waals surface area contributed by atoms with Crippen molar-refractivity contribution < 1.29 is 5.11 Å². The molecule has 0 radical (unpaired) electrons. The van der Waals surface area contributed by atoms with Crippen molar-refractivity contribution in [2.24, 2.45) is 5.92 Å². The molecule has 1 aliphatic carbocycles. The molecule has 0 aliphatic heterocycles. The molecule has 1 aliphatic rings. The summed E-state index contributed by atoms with van der Waals surface area (Å²) in [5.41, 5.74) is 1.08. The van der Waals surface area contributed by atoms with Crippen LogP contribution < -0.4 is 0 Å². The van der Waals surface area contributed by atoms with Crippen LogP contribution in [0.25, 0.3) is 0 Å². The van der Waals surface area contributed by atoms with E-state index < -0.39 is 0 Å². The number of aliphatic hydroxyl groups excluding tert-OH is 1. The average Bonchev–Trinajstić information content (AvgIpc) is 2.80. The van der Waals surface area contributed by atoms with E-state index in [0.717, 1.165) is 27.6 Å². The van der Waals surface area contributed by atoms with Crippen molar-refractivity contribution in [3.05, 3.63) is 20.8 Å². The molecule has 0 bridgehead atoms. The van der Waals surface area contributed by atoms with Gasteiger partial charge in [-0.1, -0.05) is 11.6 Å². The largest absolute Gasteiger partial charge is 0.387 e. The third-order valence-corrected chi connectivity index (χ3v) is 3.86. The highest BCUT2D eigenvalue weighted by molar-refractivity contribution is 7.16. The van der Waals surface area contributed by atoms with E-state index in [0.29, 0.717) is 5.92 Å². The second kappa shape index (κ2) is 3.02. The van der Waals surface area contributed by atoms with Gasteiger partial charge in [0.1, 0.15) is 0 Å². The summed E-state index contributed by atoms with van der Waals surface area (Å²) in [4.78, 5) is 1.03. The lowest BCUT2D eigenvalue weighted by molar-refractivity contribution is 0.157. The molecule has 1 nitrogen and oxygen atoms in total. The van der Waals surface area contributed by atoms with Crippen LogP contribution in [0.1, 0.15) is 29.4 Å². The topological polar surface area (TPSA) is 20.2 Å². The molecule has 12 heavy (non-hydrogen) atoms. The van der Waals surface area contributed by atoms with Gasteiger partial charge in [0, 0.05) is 4.88 Å². The van der Waals surface area contributed by atoms with Gasteiger partial charge in [0.05, 0.1) is 10.4 Å². The van der Waals surface area contributed by atoms with Crippen molar-refractivity contribution >= 4 is 22.9 Å². The minimum absolute atomic E-state index is 0.263. The number of thiophene rings is 1. The van der Waals surface area contributed by atoms with E-state index in [4.69, 9.17) is 11.6 Å². The zero-order valence-electron chi connectivity index (χ0n) is 6.88. The lowest BCUT2D eigenvalue weighted by atomic mass is 10.2. The van der Waals surface area contributed by atoms with Gasteiger partial charge >= 0.3 is 0 Å². The van der Waals surface area contributed by atoms with E-state index >= 15 is 0 Å². The number of rotatable bonds is 2. The van der Waals surface area contributed by atoms with Crippen molar-refractivity contribution in [3.63, 3.8) is 0 Å². The van der Waals surface area contributed by atoms with Crippen molar-refractivity contribution in [1.29, 1.82) is 0 Å². The fraction of sp³-hybridized carbons (Fsp3) is 0.556. The Morgan fingerprint density at radius 1 is 1.67 bits per heavy atom. The zero-order chi connectivity index (χ0) is 8.72. The molecule has 2 rings (SSSR count). The highest BCUT2D eigenvalue weighted by atomic mass is 35.5. The molecule has 1 unspecified atom stereocenters. The highest BCUT2D eigenvalue weighted by Crippen LogP contribution is 2.44. The van der Waals surface area contributed by atoms with E-state index in [-0.39, 0.29) is 6.10 Å². The molecule has 1 heterocycles. The minimum atomic E-state index is -0.263. The molecule has 1 atom stereocenters. The van der Waals surface area contributed by atoms with E-state index in [9.17, 15) is 5.11 Å². The lowest BCUT2D eigenvalue weighted by Gasteiger charge is -2.04. The predicted octanol–water partition coefficient (Wildman–Crippen LogP) is 3.15. The standard InChI is InChI=1S/C9H11ClOS/c1-5-4-7(12-9(5)10)8(11)6-2-3-6/h4,6,8,11H,2-3H2,1H3. The monoisotopic (exact) mass is 202 g/mol. The molecule has 1 fully saturated rings. The summed E-state index contributed by atoms with van der Waals surface area (Å²) in [6.45, 7) is 1.97. The first-order chi connectivity index (χ1) is 5.68. The van der Waals surface area contributed by atoms with Crippen LogP contribution in [0.15, 0.2) is 6.07 Å². The third kappa shape index (κ3) is 1.51. The van der Waals surface area contributed by atoms with Crippen molar-refractivity contribution in [3.8, 4) is 0 Å². The number of aliphatic hydroxyl groups is 1. The van der Waals surface area contributed by atoms with E-state index in [1.165, 1.54) is 11.3 Å². The number of hydrogen-bond donors (Lipinski definition) is 1. The van der Waals surface area contributed by atoms with Gasteiger partial charge < -0.3 is 5.11 Å². The average molecular weight is 203 g/mol. The number of aryl methyl sites for hydroxylation is 1. The number of halogens is 1. The second-order valence-corrected chi connectivity index (χ2v) is 5.07. The van der Waals surface area contributed by atoms with Crippen LogP contribution in [0.4, 0.5) is 0 Å². The Balaban J connectivity index is 2.21. The Kier molecular flexibility index (Phi) is 2.15. The van der Waals surface area contributed by atoms with Gasteiger partial charge in [0.15, 0.2) is 0 Å². The van der Waals surface area contributed by atoms with Gasteiger partial charge in [0.2, 0.25) is 0 Å². The van der Waals surface area contributed by atoms with Gasteiger partial charge in [-0.15, -0.1) is 11.3 Å². The fourth-order valence-electron chi connectivity index (χ4n) is 1.27. The summed E-state index contributed by atoms with van der Waals surface area (Å²) < 4.78 is 0.810. The van der Waals surface area contributed by atoms with Gasteiger partial charge in [-0.05, 0) is 37.3 Å². The predicted molar refractivity (Wildman–Crippen MR) is 51.7 cm³/mol. The maximum atomic E-state index is 9.75. The molecule has 3 heteroatoms. The van der Waals surface area contributed by atoms with Gasteiger partial charge in [-0.3, -0.25) is 0 Å². The molecule has 1 saturated carbocycles. The quantitative estimate of drug-likeness (QED) is 0.781. The summed E-state index contributed by atoms with van der Waals surface area (Å²) >= 11 is 7.41. The molecule has 0 spiro atoms. The van der Waals surface area contributed by atoms with Crippen LogP contribution in [-0.4, -0.2) is 5.11 Å². The van der Waals surface area contributed by atoms with Crippen LogP contribution in [0.3, 0.4) is 0 Å². The molecule has 0 saturated heterocycles. The smallest absolute Gasteiger partial charge is 0.0961 e. The van der Waals surface area contributed by atoms with E-state index in [2.05, 4.69) is 0 Å². The van der Waals surface area contributed by atoms with Crippen LogP contribution in [0.5, 0.6) is 0 Å². The molecule has 0 amide bonds. The zero-order valence-corrected chi connectivity index (χ0v) is 8.45. The molecule has 1 aromatic rings. The van der Waals surface area contributed by atoms with E-state index in [1.54, 1.807) is 0 Å². The summed E-state index contributed by atoms with van der Waals surface area (Å²) in [7, 11) is 0. The second-order valence-electron chi connectivity index (χ2n) is 3.39. The fourth-order valence-corrected chi connectivity index (χ4v) is 2.57. The molecule has 1 aromatic heterocycles. The highest BCUT2D eigenvalue weighted by Gasteiger charge is 2.31. The Morgan fingerprint density at radius 2 is 2.33 bits per heavy atom. The summed E-state index contributed by atoms with van der Waals surface area (Å²) in [5.74, 6) is 0.499. The van der Waals surface area contributed by atoms with Crippen molar-refractivity contribution in [2.75, 3.05) is 0 Å². The maximum Gasteiger partial charge on any atom is 0.0961 e. The van der Waals surface area contributed by atoms with Gasteiger partial charge in [0.25, 0.3) is 0 Å². The van der Waals surface area contributed by atoms with Crippen molar-refractivity contribution in [2.45, 2.75) is 25.9 Å². The number of hydrogen-bond acceptors (Lipinski definition) is 2. The lowest BCUT2D eigenvalue weighted by Crippen LogP contribution is -1.95. The Bertz CT molecular complexity index is 271. The molecular formula is C9H11ClOS. The van der Waals surface area contributed by atoms with Gasteiger partial charge in [-0.25, -0.2) is 0 Å². The maximum absolute atomic E-state index is 9.75. The summed E-state index contributed by atoms with van der Waals surface area (Å²) in [6.07, 6.45) is 2.06. The summed E-state index contributed by atoms with van der Waals surface area (Å²) in [5, 5.41) is 9.75. The van der Waals surface area contributed by atoms with Crippen molar-refractivity contribution in [1.82, 2.24) is 0 Å². The Hall–Kier alpha value is -0.0500. The normalized spacial score (nSPS) is 19.6. The van der Waals surface area contributed by atoms with Crippen LogP contribution in [-0.2, 0) is 0 Å². The first kappa shape index (κ1) is 8.54.